The van der Waals surface area contributed by atoms with E-state index in [2.05, 4.69) is 26.8 Å². The monoisotopic (exact) mass is 400 g/mol. The smallest absolute Gasteiger partial charge is 0.133 e. The number of ketones is 1. The van der Waals surface area contributed by atoms with E-state index in [-0.39, 0.29) is 5.41 Å². The van der Waals surface area contributed by atoms with E-state index in [1.165, 1.54) is 70.6 Å². The molecule has 3 saturated carbocycles. The molecular formula is C27H44O2. The molecule has 0 radical (unpaired) electrons. The molecule has 29 heavy (non-hydrogen) atoms. The van der Waals surface area contributed by atoms with Crippen molar-refractivity contribution in [3.63, 3.8) is 0 Å². The van der Waals surface area contributed by atoms with Crippen molar-refractivity contribution < 1.29 is 9.53 Å². The van der Waals surface area contributed by atoms with Crippen LogP contribution in [-0.2, 0) is 9.53 Å². The summed E-state index contributed by atoms with van der Waals surface area (Å²) in [4.78, 5) is 12.3. The van der Waals surface area contributed by atoms with Crippen LogP contribution in [0.15, 0.2) is 11.6 Å². The summed E-state index contributed by atoms with van der Waals surface area (Å²) < 4.78 is 6.31. The second kappa shape index (κ2) is 8.48. The Kier molecular flexibility index (Phi) is 6.32. The fourth-order valence-electron chi connectivity index (χ4n) is 8.22. The summed E-state index contributed by atoms with van der Waals surface area (Å²) in [7, 11) is 0. The van der Waals surface area contributed by atoms with Crippen LogP contribution in [0.25, 0.3) is 0 Å². The van der Waals surface area contributed by atoms with Gasteiger partial charge in [-0.15, -0.1) is 0 Å². The Balaban J connectivity index is 1.42. The van der Waals surface area contributed by atoms with Gasteiger partial charge in [0.25, 0.3) is 0 Å². The van der Waals surface area contributed by atoms with Crippen LogP contribution in [0, 0.1) is 34.5 Å². The van der Waals surface area contributed by atoms with Crippen LogP contribution in [-0.4, -0.2) is 18.5 Å². The molecule has 0 spiro atoms. The summed E-state index contributed by atoms with van der Waals surface area (Å²) in [6, 6.07) is 0. The number of ether oxygens (including phenoxy) is 1. The Morgan fingerprint density at radius 2 is 1.90 bits per heavy atom. The Bertz CT molecular complexity index is 636. The van der Waals surface area contributed by atoms with Gasteiger partial charge < -0.3 is 4.74 Å². The van der Waals surface area contributed by atoms with Crippen molar-refractivity contribution >= 4 is 5.78 Å². The number of hydrogen-bond donors (Lipinski definition) is 0. The van der Waals surface area contributed by atoms with E-state index < -0.39 is 0 Å². The molecule has 0 bridgehead atoms. The van der Waals surface area contributed by atoms with E-state index in [1.807, 2.05) is 6.92 Å². The predicted octanol–water partition coefficient (Wildman–Crippen LogP) is 7.12. The van der Waals surface area contributed by atoms with Crippen LogP contribution in [0.4, 0.5) is 0 Å². The van der Waals surface area contributed by atoms with Gasteiger partial charge in [-0.3, -0.25) is 4.79 Å². The number of allylic oxidation sites excluding steroid dienone is 1. The number of Topliss-reactive ketones (excluding diaryl/α,β-unsaturated/α-hetero) is 1. The Morgan fingerprint density at radius 1 is 1.07 bits per heavy atom. The third kappa shape index (κ3) is 3.77. The summed E-state index contributed by atoms with van der Waals surface area (Å²) in [5, 5.41) is 0. The van der Waals surface area contributed by atoms with Crippen molar-refractivity contribution in [1.82, 2.24) is 0 Å². The molecule has 4 rings (SSSR count). The largest absolute Gasteiger partial charge is 0.378 e. The number of rotatable bonds is 7. The van der Waals surface area contributed by atoms with Crippen LogP contribution in [0.3, 0.4) is 0 Å². The molecule has 0 aromatic heterocycles. The zero-order valence-electron chi connectivity index (χ0n) is 19.5. The highest BCUT2D eigenvalue weighted by Crippen LogP contribution is 2.66. The highest BCUT2D eigenvalue weighted by atomic mass is 16.5. The van der Waals surface area contributed by atoms with E-state index in [0.717, 1.165) is 30.8 Å². The standard InChI is InChI=1S/C27H44O2/c1-5-6-7-8-17-29-21-13-15-26(3)20(18-21)9-10-22-24-12-11-23(19(2)28)27(24,4)16-14-25(22)26/h9,21-25H,5-8,10-18H2,1-4H3/t21-,22?,23+,24?,25?,26-,27+/m0/s1. The van der Waals surface area contributed by atoms with Gasteiger partial charge in [0, 0.05) is 12.5 Å². The van der Waals surface area contributed by atoms with Crippen LogP contribution in [0.1, 0.15) is 105 Å². The highest BCUT2D eigenvalue weighted by molar-refractivity contribution is 5.79. The first-order valence-electron chi connectivity index (χ1n) is 12.7. The molecule has 0 aromatic rings. The molecule has 2 nitrogen and oxygen atoms in total. The summed E-state index contributed by atoms with van der Waals surface area (Å²) in [5.41, 5.74) is 2.38. The Morgan fingerprint density at radius 3 is 2.66 bits per heavy atom. The van der Waals surface area contributed by atoms with Gasteiger partial charge in [-0.05, 0) is 93.3 Å². The van der Waals surface area contributed by atoms with Crippen molar-refractivity contribution in [3.05, 3.63) is 11.6 Å². The van der Waals surface area contributed by atoms with Crippen LogP contribution < -0.4 is 0 Å². The molecule has 0 saturated heterocycles. The SMILES string of the molecule is CCCCCCO[C@H]1CC[C@@]2(C)C(=CCC3C2CC[C@@]2(C)C3CC[C@@H]2C(C)=O)C1. The molecule has 4 aliphatic carbocycles. The van der Waals surface area contributed by atoms with Crippen molar-refractivity contribution in [2.75, 3.05) is 6.61 Å². The molecular weight excluding hydrogens is 356 g/mol. The Labute approximate surface area is 179 Å². The maximum atomic E-state index is 12.3. The van der Waals surface area contributed by atoms with Crippen molar-refractivity contribution in [2.45, 2.75) is 111 Å². The minimum absolute atomic E-state index is 0.271. The first-order valence-corrected chi connectivity index (χ1v) is 12.7. The lowest BCUT2D eigenvalue weighted by Gasteiger charge is -2.58. The third-order valence-corrected chi connectivity index (χ3v) is 9.90. The van der Waals surface area contributed by atoms with Crippen LogP contribution in [0.5, 0.6) is 0 Å². The van der Waals surface area contributed by atoms with Gasteiger partial charge in [-0.2, -0.15) is 0 Å². The van der Waals surface area contributed by atoms with Crippen molar-refractivity contribution in [1.29, 1.82) is 0 Å². The second-order valence-electron chi connectivity index (χ2n) is 11.3. The molecule has 164 valence electrons. The fourth-order valence-corrected chi connectivity index (χ4v) is 8.22. The molecule has 2 heteroatoms. The average Bonchev–Trinajstić information content (AvgIpc) is 3.05. The minimum Gasteiger partial charge on any atom is -0.378 e. The van der Waals surface area contributed by atoms with E-state index in [9.17, 15) is 4.79 Å². The van der Waals surface area contributed by atoms with Gasteiger partial charge >= 0.3 is 0 Å². The van der Waals surface area contributed by atoms with Gasteiger partial charge in [-0.25, -0.2) is 0 Å². The van der Waals surface area contributed by atoms with E-state index in [4.69, 9.17) is 4.74 Å². The number of hydrogen-bond acceptors (Lipinski definition) is 2. The second-order valence-corrected chi connectivity index (χ2v) is 11.3. The van der Waals surface area contributed by atoms with Crippen molar-refractivity contribution in [3.8, 4) is 0 Å². The summed E-state index contributed by atoms with van der Waals surface area (Å²) >= 11 is 0. The normalized spacial score (nSPS) is 43.9. The molecule has 4 aliphatic rings. The zero-order chi connectivity index (χ0) is 20.6. The van der Waals surface area contributed by atoms with E-state index in [1.54, 1.807) is 5.57 Å². The molecule has 0 aliphatic heterocycles. The zero-order valence-corrected chi connectivity index (χ0v) is 19.5. The molecule has 0 aromatic carbocycles. The number of carbonyl (C=O) groups is 1. The maximum absolute atomic E-state index is 12.3. The number of carbonyl (C=O) groups excluding carboxylic acids is 1. The third-order valence-electron chi connectivity index (χ3n) is 9.90. The van der Waals surface area contributed by atoms with Gasteiger partial charge in [0.2, 0.25) is 0 Å². The number of unbranched alkanes of at least 4 members (excludes halogenated alkanes) is 3. The lowest BCUT2D eigenvalue weighted by Crippen LogP contribution is -2.51. The Hall–Kier alpha value is -0.630. The highest BCUT2D eigenvalue weighted by Gasteiger charge is 2.59. The average molecular weight is 401 g/mol. The topological polar surface area (TPSA) is 26.3 Å². The van der Waals surface area contributed by atoms with Crippen LogP contribution >= 0.6 is 0 Å². The molecule has 0 heterocycles. The van der Waals surface area contributed by atoms with Gasteiger partial charge in [-0.1, -0.05) is 51.7 Å². The molecule has 7 atom stereocenters. The lowest BCUT2D eigenvalue weighted by molar-refractivity contribution is -0.127. The summed E-state index contributed by atoms with van der Waals surface area (Å²) in [5.74, 6) is 3.17. The molecule has 0 N–H and O–H groups in total. The van der Waals surface area contributed by atoms with Crippen molar-refractivity contribution in [2.24, 2.45) is 34.5 Å². The molecule has 0 amide bonds. The minimum atomic E-state index is 0.271. The summed E-state index contributed by atoms with van der Waals surface area (Å²) in [6.07, 6.45) is 18.2. The first kappa shape index (κ1) is 21.6. The quantitative estimate of drug-likeness (QED) is 0.336. The molecule has 3 unspecified atom stereocenters. The van der Waals surface area contributed by atoms with Crippen LogP contribution in [0.2, 0.25) is 0 Å². The predicted molar refractivity (Wildman–Crippen MR) is 120 cm³/mol. The fraction of sp³-hybridized carbons (Fsp3) is 0.889. The van der Waals surface area contributed by atoms with E-state index >= 15 is 0 Å². The van der Waals surface area contributed by atoms with Gasteiger partial charge in [0.1, 0.15) is 5.78 Å². The number of fused-ring (bicyclic) bond motifs is 5. The summed E-state index contributed by atoms with van der Waals surface area (Å²) in [6.45, 7) is 10.1. The maximum Gasteiger partial charge on any atom is 0.133 e. The first-order chi connectivity index (χ1) is 13.9. The lowest BCUT2D eigenvalue weighted by atomic mass is 9.47. The molecule has 3 fully saturated rings. The van der Waals surface area contributed by atoms with Gasteiger partial charge in [0.15, 0.2) is 0 Å². The van der Waals surface area contributed by atoms with Gasteiger partial charge in [0.05, 0.1) is 6.10 Å². The van der Waals surface area contributed by atoms with E-state index in [0.29, 0.717) is 23.2 Å².